The van der Waals surface area contributed by atoms with E-state index in [1.54, 1.807) is 0 Å². The van der Waals surface area contributed by atoms with E-state index in [0.717, 1.165) is 25.9 Å². The number of hydrogen-bond donors (Lipinski definition) is 1. The molecule has 1 fully saturated rings. The number of aliphatic hydroxyl groups is 1. The largest absolute Gasteiger partial charge is 0.396 e. The van der Waals surface area contributed by atoms with Gasteiger partial charge in [-0.05, 0) is 31.8 Å². The van der Waals surface area contributed by atoms with Gasteiger partial charge < -0.3 is 10.0 Å². The normalized spacial score (nSPS) is 22.4. The van der Waals surface area contributed by atoms with Crippen molar-refractivity contribution in [3.63, 3.8) is 0 Å². The highest BCUT2D eigenvalue weighted by molar-refractivity contribution is 4.70. The summed E-state index contributed by atoms with van der Waals surface area (Å²) in [7, 11) is 0. The van der Waals surface area contributed by atoms with Gasteiger partial charge in [-0.2, -0.15) is 0 Å². The Hall–Kier alpha value is -0.120. The fraction of sp³-hybridized carbons (Fsp3) is 1.00. The number of nitrogens with zero attached hydrogens (tertiary/aromatic N) is 1. The molecule has 0 spiro atoms. The summed E-state index contributed by atoms with van der Waals surface area (Å²) < 4.78 is 0. The number of likely N-dealkylation sites (tertiary alicyclic amines) is 1. The van der Waals surface area contributed by atoms with Crippen LogP contribution in [0, 0.1) is 5.92 Å². The maximum Gasteiger partial charge on any atom is 0.0949 e. The van der Waals surface area contributed by atoms with E-state index in [4.69, 9.17) is 5.11 Å². The van der Waals surface area contributed by atoms with Crippen LogP contribution in [0.2, 0.25) is 0 Å². The molecule has 1 N–H and O–H groups in total. The van der Waals surface area contributed by atoms with Crippen molar-refractivity contribution in [1.82, 2.24) is 4.90 Å². The number of rotatable bonds is 3. The second kappa shape index (κ2) is 4.70. The van der Waals surface area contributed by atoms with Crippen LogP contribution in [0.3, 0.4) is 0 Å². The average Bonchev–Trinajstić information content (AvgIpc) is 2.07. The van der Waals surface area contributed by atoms with E-state index in [-0.39, 0.29) is 6.61 Å². The lowest BCUT2D eigenvalue weighted by molar-refractivity contribution is 0.0957. The number of hydrogen-bond acceptors (Lipinski definition) is 2. The molecular formula is C8H16NO2. The molecule has 1 heterocycles. The van der Waals surface area contributed by atoms with Crippen molar-refractivity contribution in [2.75, 3.05) is 32.8 Å². The summed E-state index contributed by atoms with van der Waals surface area (Å²) in [5.41, 5.74) is 0. The molecule has 1 saturated heterocycles. The van der Waals surface area contributed by atoms with Gasteiger partial charge in [-0.15, -0.1) is 0 Å². The molecule has 3 heteroatoms. The molecule has 0 aromatic heterocycles. The molecule has 1 aliphatic rings. The van der Waals surface area contributed by atoms with Gasteiger partial charge in [-0.25, -0.2) is 5.11 Å². The lowest BCUT2D eigenvalue weighted by atomic mass is 9.98. The molecule has 65 valence electrons. The van der Waals surface area contributed by atoms with E-state index in [0.29, 0.717) is 19.1 Å². The van der Waals surface area contributed by atoms with E-state index in [2.05, 4.69) is 4.90 Å². The van der Waals surface area contributed by atoms with Gasteiger partial charge in [0.15, 0.2) is 0 Å². The van der Waals surface area contributed by atoms with Crippen molar-refractivity contribution < 1.29 is 10.2 Å². The summed E-state index contributed by atoms with van der Waals surface area (Å²) in [5.74, 6) is 0.484. The molecule has 1 rings (SSSR count). The molecule has 0 aromatic carbocycles. The SMILES string of the molecule is [O]CCN1CCC(CO)CC1. The van der Waals surface area contributed by atoms with E-state index in [9.17, 15) is 5.11 Å². The Morgan fingerprint density at radius 2 is 2.00 bits per heavy atom. The zero-order valence-corrected chi connectivity index (χ0v) is 6.83. The minimum Gasteiger partial charge on any atom is -0.396 e. The van der Waals surface area contributed by atoms with Gasteiger partial charge in [0.05, 0.1) is 6.61 Å². The standard InChI is InChI=1S/C8H16NO2/c10-6-5-9-3-1-8(7-11)2-4-9/h8,11H,1-7H2. The van der Waals surface area contributed by atoms with Crippen LogP contribution in [-0.4, -0.2) is 42.9 Å². The van der Waals surface area contributed by atoms with Crippen LogP contribution in [0.1, 0.15) is 12.8 Å². The van der Waals surface area contributed by atoms with Crippen molar-refractivity contribution in [2.45, 2.75) is 12.8 Å². The van der Waals surface area contributed by atoms with Gasteiger partial charge in [0.25, 0.3) is 0 Å². The lowest BCUT2D eigenvalue weighted by Crippen LogP contribution is -2.36. The van der Waals surface area contributed by atoms with Crippen LogP contribution in [0.25, 0.3) is 0 Å². The first-order valence-electron chi connectivity index (χ1n) is 4.28. The van der Waals surface area contributed by atoms with Crippen molar-refractivity contribution in [1.29, 1.82) is 0 Å². The Labute approximate surface area is 67.6 Å². The molecule has 0 saturated carbocycles. The van der Waals surface area contributed by atoms with E-state index < -0.39 is 0 Å². The zero-order valence-electron chi connectivity index (χ0n) is 6.83. The maximum absolute atomic E-state index is 10.3. The first kappa shape index (κ1) is 8.97. The van der Waals surface area contributed by atoms with Crippen molar-refractivity contribution in [2.24, 2.45) is 5.92 Å². The Morgan fingerprint density at radius 1 is 1.36 bits per heavy atom. The topological polar surface area (TPSA) is 43.4 Å². The summed E-state index contributed by atoms with van der Waals surface area (Å²) >= 11 is 0. The Bertz CT molecular complexity index is 100. The van der Waals surface area contributed by atoms with Crippen molar-refractivity contribution in [3.8, 4) is 0 Å². The number of piperidine rings is 1. The second-order valence-corrected chi connectivity index (χ2v) is 3.17. The Balaban J connectivity index is 2.14. The smallest absolute Gasteiger partial charge is 0.0949 e. The molecule has 0 unspecified atom stereocenters. The highest BCUT2D eigenvalue weighted by atomic mass is 16.3. The predicted molar refractivity (Wildman–Crippen MR) is 41.8 cm³/mol. The van der Waals surface area contributed by atoms with Gasteiger partial charge in [-0.3, -0.25) is 0 Å². The van der Waals surface area contributed by atoms with Crippen LogP contribution in [0.5, 0.6) is 0 Å². The zero-order chi connectivity index (χ0) is 8.10. The van der Waals surface area contributed by atoms with Gasteiger partial charge in [-0.1, -0.05) is 0 Å². The Morgan fingerprint density at radius 3 is 2.45 bits per heavy atom. The number of aliphatic hydroxyl groups excluding tert-OH is 1. The first-order chi connectivity index (χ1) is 5.36. The third-order valence-corrected chi connectivity index (χ3v) is 2.37. The van der Waals surface area contributed by atoms with Crippen LogP contribution in [-0.2, 0) is 5.11 Å². The van der Waals surface area contributed by atoms with Crippen LogP contribution < -0.4 is 0 Å². The van der Waals surface area contributed by atoms with Gasteiger partial charge in [0.2, 0.25) is 0 Å². The molecule has 0 atom stereocenters. The van der Waals surface area contributed by atoms with E-state index in [1.165, 1.54) is 0 Å². The molecular weight excluding hydrogens is 142 g/mol. The Kier molecular flexibility index (Phi) is 3.83. The summed E-state index contributed by atoms with van der Waals surface area (Å²) in [6, 6.07) is 0. The summed E-state index contributed by atoms with van der Waals surface area (Å²) in [6.07, 6.45) is 2.10. The quantitative estimate of drug-likeness (QED) is 0.634. The molecule has 1 radical (unpaired) electrons. The lowest BCUT2D eigenvalue weighted by Gasteiger charge is -2.30. The van der Waals surface area contributed by atoms with E-state index >= 15 is 0 Å². The highest BCUT2D eigenvalue weighted by Crippen LogP contribution is 2.15. The van der Waals surface area contributed by atoms with Crippen LogP contribution >= 0.6 is 0 Å². The average molecular weight is 158 g/mol. The van der Waals surface area contributed by atoms with Gasteiger partial charge in [0.1, 0.15) is 0 Å². The monoisotopic (exact) mass is 158 g/mol. The minimum absolute atomic E-state index is 0.00376. The fourth-order valence-electron chi connectivity index (χ4n) is 1.52. The van der Waals surface area contributed by atoms with Gasteiger partial charge >= 0.3 is 0 Å². The van der Waals surface area contributed by atoms with Crippen LogP contribution in [0.15, 0.2) is 0 Å². The van der Waals surface area contributed by atoms with Crippen molar-refractivity contribution >= 4 is 0 Å². The summed E-state index contributed by atoms with van der Waals surface area (Å²) in [5, 5.41) is 19.1. The fourth-order valence-corrected chi connectivity index (χ4v) is 1.52. The predicted octanol–water partition coefficient (Wildman–Crippen LogP) is 0.121. The second-order valence-electron chi connectivity index (χ2n) is 3.17. The molecule has 0 aliphatic carbocycles. The third-order valence-electron chi connectivity index (χ3n) is 2.37. The van der Waals surface area contributed by atoms with Crippen molar-refractivity contribution in [3.05, 3.63) is 0 Å². The molecule has 3 nitrogen and oxygen atoms in total. The first-order valence-corrected chi connectivity index (χ1v) is 4.28. The third kappa shape index (κ3) is 2.77. The highest BCUT2D eigenvalue weighted by Gasteiger charge is 2.17. The maximum atomic E-state index is 10.3. The molecule has 0 amide bonds. The molecule has 0 aromatic rings. The minimum atomic E-state index is 0.00376. The summed E-state index contributed by atoms with van der Waals surface area (Å²) in [4.78, 5) is 2.18. The van der Waals surface area contributed by atoms with Gasteiger partial charge in [0, 0.05) is 13.2 Å². The molecule has 1 aliphatic heterocycles. The molecule has 11 heavy (non-hydrogen) atoms. The molecule has 0 bridgehead atoms. The summed E-state index contributed by atoms with van der Waals surface area (Å²) in [6.45, 7) is 2.98. The van der Waals surface area contributed by atoms with E-state index in [1.807, 2.05) is 0 Å². The van der Waals surface area contributed by atoms with Crippen LogP contribution in [0.4, 0.5) is 0 Å².